The summed E-state index contributed by atoms with van der Waals surface area (Å²) in [6.45, 7) is 5.21. The number of nitrogens with one attached hydrogen (secondary N) is 1. The van der Waals surface area contributed by atoms with E-state index < -0.39 is 0 Å². The molecule has 2 rings (SSSR count). The van der Waals surface area contributed by atoms with E-state index in [-0.39, 0.29) is 12.2 Å². The van der Waals surface area contributed by atoms with Crippen molar-refractivity contribution in [2.24, 2.45) is 0 Å². The van der Waals surface area contributed by atoms with Crippen LogP contribution < -0.4 is 5.32 Å². The smallest absolute Gasteiger partial charge is 0.291 e. The van der Waals surface area contributed by atoms with Gasteiger partial charge >= 0.3 is 6.03 Å². The van der Waals surface area contributed by atoms with E-state index >= 15 is 0 Å². The number of carbonyl (C=O) groups excluding carboxylic acids is 1. The Morgan fingerprint density at radius 1 is 1.57 bits per heavy atom. The molecule has 2 unspecified atom stereocenters. The van der Waals surface area contributed by atoms with Crippen LogP contribution in [0.25, 0.3) is 0 Å². The highest BCUT2D eigenvalue weighted by Gasteiger charge is 2.28. The van der Waals surface area contributed by atoms with Crippen LogP contribution in [0.4, 0.5) is 10.6 Å². The van der Waals surface area contributed by atoms with E-state index in [9.17, 15) is 4.79 Å². The van der Waals surface area contributed by atoms with Gasteiger partial charge in [0.25, 0.3) is 0 Å². The molecule has 0 aliphatic carbocycles. The highest BCUT2D eigenvalue weighted by atomic mass is 79.9. The fraction of sp³-hybridized carbons (Fsp3) is 0.571. The number of urea groups is 1. The Morgan fingerprint density at radius 3 is 2.95 bits per heavy atom. The van der Waals surface area contributed by atoms with Gasteiger partial charge in [-0.05, 0) is 54.8 Å². The second-order valence-electron chi connectivity index (χ2n) is 5.35. The van der Waals surface area contributed by atoms with Crippen LogP contribution in [-0.4, -0.2) is 39.0 Å². The van der Waals surface area contributed by atoms with Crippen LogP contribution in [0.1, 0.15) is 33.1 Å². The van der Waals surface area contributed by atoms with Gasteiger partial charge in [-0.25, -0.2) is 9.78 Å². The molecular weight excluding hydrogens is 352 g/mol. The Labute approximate surface area is 139 Å². The molecule has 2 heterocycles. The maximum absolute atomic E-state index is 12.2. The van der Waals surface area contributed by atoms with Crippen molar-refractivity contribution in [3.8, 4) is 0 Å². The van der Waals surface area contributed by atoms with Crippen molar-refractivity contribution in [2.45, 2.75) is 45.3 Å². The fourth-order valence-corrected chi connectivity index (χ4v) is 3.02. The van der Waals surface area contributed by atoms with E-state index in [1.54, 1.807) is 12.3 Å². The molecule has 2 amide bonds. The third-order valence-corrected chi connectivity index (χ3v) is 4.84. The zero-order chi connectivity index (χ0) is 15.4. The quantitative estimate of drug-likeness (QED) is 0.794. The molecule has 7 heteroatoms. The van der Waals surface area contributed by atoms with Crippen molar-refractivity contribution in [2.75, 3.05) is 11.9 Å². The lowest BCUT2D eigenvalue weighted by atomic mass is 10.0. The number of halogens is 1. The van der Waals surface area contributed by atoms with Gasteiger partial charge < -0.3 is 0 Å². The lowest BCUT2D eigenvalue weighted by Crippen LogP contribution is -2.51. The summed E-state index contributed by atoms with van der Waals surface area (Å²) in [6.07, 6.45) is 5.19. The molecule has 1 N–H and O–H groups in total. The first kappa shape index (κ1) is 16.6. The van der Waals surface area contributed by atoms with Crippen molar-refractivity contribution in [3.05, 3.63) is 22.8 Å². The Bertz CT molecular complexity index is 484. The van der Waals surface area contributed by atoms with Gasteiger partial charge in [0, 0.05) is 23.3 Å². The molecule has 0 aromatic carbocycles. The van der Waals surface area contributed by atoms with Crippen LogP contribution >= 0.6 is 28.7 Å². The molecule has 1 fully saturated rings. The summed E-state index contributed by atoms with van der Waals surface area (Å²) in [6, 6.07) is 3.79. The summed E-state index contributed by atoms with van der Waals surface area (Å²) >= 11 is 7.68. The zero-order valence-corrected chi connectivity index (χ0v) is 14.8. The number of amides is 2. The summed E-state index contributed by atoms with van der Waals surface area (Å²) in [4.78, 5) is 18.7. The molecule has 116 valence electrons. The maximum Gasteiger partial charge on any atom is 0.334 e. The number of piperidine rings is 1. The number of rotatable bonds is 3. The SMILES string of the molecule is CC1CCCCN1C(C)N(S)C(=O)Nc1ccc(Br)cn1. The normalized spacial score (nSPS) is 20.9. The molecule has 21 heavy (non-hydrogen) atoms. The molecular formula is C14H21BrN4OS. The van der Waals surface area contributed by atoms with Gasteiger partial charge in [0.2, 0.25) is 0 Å². The average molecular weight is 373 g/mol. The summed E-state index contributed by atoms with van der Waals surface area (Å²) < 4.78 is 2.31. The third kappa shape index (κ3) is 4.34. The topological polar surface area (TPSA) is 48.5 Å². The minimum atomic E-state index is -0.265. The molecule has 1 saturated heterocycles. The van der Waals surface area contributed by atoms with E-state index in [4.69, 9.17) is 0 Å². The number of aromatic nitrogens is 1. The standard InChI is InChI=1S/C14H21BrN4OS/c1-10-5-3-4-8-18(10)11(2)19(21)14(20)17-13-7-6-12(15)9-16-13/h6-7,9-11,21H,3-5,8H2,1-2H3,(H,16,17,20). The van der Waals surface area contributed by atoms with E-state index in [0.29, 0.717) is 11.9 Å². The van der Waals surface area contributed by atoms with Crippen molar-refractivity contribution in [1.29, 1.82) is 0 Å². The van der Waals surface area contributed by atoms with Gasteiger partial charge in [0.15, 0.2) is 0 Å². The van der Waals surface area contributed by atoms with Crippen LogP contribution in [0.5, 0.6) is 0 Å². The molecule has 0 spiro atoms. The number of nitrogens with zero attached hydrogens (tertiary/aromatic N) is 3. The van der Waals surface area contributed by atoms with Crippen molar-refractivity contribution in [1.82, 2.24) is 14.2 Å². The average Bonchev–Trinajstić information content (AvgIpc) is 2.48. The van der Waals surface area contributed by atoms with Crippen LogP contribution in [0.3, 0.4) is 0 Å². The van der Waals surface area contributed by atoms with Gasteiger partial charge in [0.1, 0.15) is 5.82 Å². The monoisotopic (exact) mass is 372 g/mol. The van der Waals surface area contributed by atoms with Gasteiger partial charge in [-0.15, -0.1) is 0 Å². The number of thiol groups is 1. The fourth-order valence-electron chi connectivity index (χ4n) is 2.60. The Kier molecular flexibility index (Phi) is 5.89. The number of pyridine rings is 1. The van der Waals surface area contributed by atoms with E-state index in [2.05, 4.69) is 50.9 Å². The van der Waals surface area contributed by atoms with E-state index in [0.717, 1.165) is 11.0 Å². The summed E-state index contributed by atoms with van der Waals surface area (Å²) in [7, 11) is 0. The van der Waals surface area contributed by atoms with E-state index in [1.807, 2.05) is 13.0 Å². The molecule has 1 aliphatic heterocycles. The number of anilines is 1. The Balaban J connectivity index is 1.96. The van der Waals surface area contributed by atoms with Gasteiger partial charge in [-0.1, -0.05) is 19.2 Å². The molecule has 1 aromatic rings. The lowest BCUT2D eigenvalue weighted by Gasteiger charge is -2.40. The largest absolute Gasteiger partial charge is 0.334 e. The van der Waals surface area contributed by atoms with Crippen LogP contribution in [0.2, 0.25) is 0 Å². The van der Waals surface area contributed by atoms with Gasteiger partial charge in [-0.3, -0.25) is 14.5 Å². The number of hydrogen-bond acceptors (Lipinski definition) is 4. The summed E-state index contributed by atoms with van der Waals surface area (Å²) in [5.41, 5.74) is 0. The van der Waals surface area contributed by atoms with Crippen LogP contribution in [0, 0.1) is 0 Å². The predicted octanol–water partition coefficient (Wildman–Crippen LogP) is 3.74. The second kappa shape index (κ2) is 7.47. The molecule has 0 radical (unpaired) electrons. The highest BCUT2D eigenvalue weighted by molar-refractivity contribution is 9.10. The first-order chi connectivity index (χ1) is 9.99. The molecule has 5 nitrogen and oxygen atoms in total. The first-order valence-electron chi connectivity index (χ1n) is 7.15. The van der Waals surface area contributed by atoms with Crippen molar-refractivity contribution in [3.63, 3.8) is 0 Å². The van der Waals surface area contributed by atoms with E-state index in [1.165, 1.54) is 23.6 Å². The van der Waals surface area contributed by atoms with Gasteiger partial charge in [0.05, 0.1) is 6.17 Å². The number of likely N-dealkylation sites (tertiary alicyclic amines) is 1. The lowest BCUT2D eigenvalue weighted by molar-refractivity contribution is 0.0704. The minimum absolute atomic E-state index is 0.0564. The molecule has 0 saturated carbocycles. The highest BCUT2D eigenvalue weighted by Crippen LogP contribution is 2.22. The Hall–Kier alpha value is -0.790. The van der Waals surface area contributed by atoms with Crippen molar-refractivity contribution < 1.29 is 4.79 Å². The molecule has 1 aliphatic rings. The van der Waals surface area contributed by atoms with Crippen molar-refractivity contribution >= 4 is 40.6 Å². The number of hydrogen-bond donors (Lipinski definition) is 2. The molecule has 1 aromatic heterocycles. The van der Waals surface area contributed by atoms with Crippen LogP contribution in [0.15, 0.2) is 22.8 Å². The maximum atomic E-state index is 12.2. The first-order valence-corrected chi connectivity index (χ1v) is 8.34. The summed E-state index contributed by atoms with van der Waals surface area (Å²) in [5, 5.41) is 2.76. The third-order valence-electron chi connectivity index (χ3n) is 3.86. The predicted molar refractivity (Wildman–Crippen MR) is 91.3 cm³/mol. The zero-order valence-electron chi connectivity index (χ0n) is 12.3. The van der Waals surface area contributed by atoms with Crippen LogP contribution in [-0.2, 0) is 0 Å². The number of carbonyl (C=O) groups is 1. The molecule has 2 atom stereocenters. The summed E-state index contributed by atoms with van der Waals surface area (Å²) in [5.74, 6) is 0.515. The minimum Gasteiger partial charge on any atom is -0.291 e. The molecule has 0 bridgehead atoms. The van der Waals surface area contributed by atoms with Gasteiger partial charge in [-0.2, -0.15) is 0 Å². The Morgan fingerprint density at radius 2 is 2.33 bits per heavy atom. The second-order valence-corrected chi connectivity index (χ2v) is 6.70.